The highest BCUT2D eigenvalue weighted by atomic mass is 16.5. The predicted molar refractivity (Wildman–Crippen MR) is 116 cm³/mol. The third-order valence-corrected chi connectivity index (χ3v) is 5.46. The summed E-state index contributed by atoms with van der Waals surface area (Å²) in [4.78, 5) is 24.2. The Morgan fingerprint density at radius 1 is 1.29 bits per heavy atom. The van der Waals surface area contributed by atoms with Crippen molar-refractivity contribution in [3.05, 3.63) is 54.1 Å². The molecule has 0 saturated carbocycles. The van der Waals surface area contributed by atoms with Crippen molar-refractivity contribution in [2.45, 2.75) is 32.0 Å². The number of benzene rings is 1. The van der Waals surface area contributed by atoms with Gasteiger partial charge in [-0.15, -0.1) is 0 Å². The lowest BCUT2D eigenvalue weighted by atomic mass is 9.97. The summed E-state index contributed by atoms with van der Waals surface area (Å²) in [5, 5.41) is 10.4. The average molecular weight is 429 g/mol. The molecule has 8 heteroatoms. The smallest absolute Gasteiger partial charge is 0.308 e. The fourth-order valence-electron chi connectivity index (χ4n) is 3.85. The second kappa shape index (κ2) is 11.7. The van der Waals surface area contributed by atoms with E-state index >= 15 is 0 Å². The first kappa shape index (κ1) is 23.1. The minimum atomic E-state index is -0.584. The lowest BCUT2D eigenvalue weighted by molar-refractivity contribution is -0.147. The standard InChI is InChI=1S/C23H32N4O4/c1-26(14-20-6-9-24-17-25-20)13-18-4-3-5-22(12-18)31-16-21(28)15-27-10-7-19(8-11-27)23(29)30-2/h3-6,9,12,17,19,21,28H,7-8,10-11,13-16H2,1-2H3. The van der Waals surface area contributed by atoms with Gasteiger partial charge in [-0.3, -0.25) is 9.69 Å². The number of β-amino-alcohol motifs (C(OH)–C–C–N with tert-alkyl or cyclic N) is 1. The molecule has 168 valence electrons. The fourth-order valence-corrected chi connectivity index (χ4v) is 3.85. The van der Waals surface area contributed by atoms with E-state index in [9.17, 15) is 9.90 Å². The van der Waals surface area contributed by atoms with Crippen LogP contribution in [0.4, 0.5) is 0 Å². The summed E-state index contributed by atoms with van der Waals surface area (Å²) in [6.07, 6.45) is 4.26. The molecule has 0 bridgehead atoms. The highest BCUT2D eigenvalue weighted by Crippen LogP contribution is 2.19. The molecule has 1 aromatic carbocycles. The van der Waals surface area contributed by atoms with Crippen LogP contribution in [0.5, 0.6) is 5.75 Å². The normalized spacial score (nSPS) is 16.3. The zero-order valence-electron chi connectivity index (χ0n) is 18.3. The Bertz CT molecular complexity index is 812. The number of methoxy groups -OCH3 is 1. The molecule has 1 atom stereocenters. The number of aliphatic hydroxyl groups excluding tert-OH is 1. The molecule has 8 nitrogen and oxygen atoms in total. The Morgan fingerprint density at radius 2 is 2.10 bits per heavy atom. The summed E-state index contributed by atoms with van der Waals surface area (Å²) in [6.45, 7) is 3.83. The molecule has 1 fully saturated rings. The van der Waals surface area contributed by atoms with Crippen LogP contribution in [0.3, 0.4) is 0 Å². The summed E-state index contributed by atoms with van der Waals surface area (Å²) in [6, 6.07) is 9.85. The number of piperidine rings is 1. The monoisotopic (exact) mass is 428 g/mol. The molecule has 1 aliphatic heterocycles. The van der Waals surface area contributed by atoms with Gasteiger partial charge in [-0.2, -0.15) is 0 Å². The molecule has 31 heavy (non-hydrogen) atoms. The van der Waals surface area contributed by atoms with Crippen molar-refractivity contribution in [1.29, 1.82) is 0 Å². The van der Waals surface area contributed by atoms with Gasteiger partial charge in [0.1, 0.15) is 24.8 Å². The number of hydrogen-bond donors (Lipinski definition) is 1. The van der Waals surface area contributed by atoms with Crippen LogP contribution in [0.2, 0.25) is 0 Å². The molecule has 1 unspecified atom stereocenters. The minimum absolute atomic E-state index is 0.0233. The highest BCUT2D eigenvalue weighted by Gasteiger charge is 2.26. The van der Waals surface area contributed by atoms with Crippen LogP contribution >= 0.6 is 0 Å². The molecule has 0 amide bonds. The summed E-state index contributed by atoms with van der Waals surface area (Å²) in [5.41, 5.74) is 2.11. The number of rotatable bonds is 10. The first-order valence-electron chi connectivity index (χ1n) is 10.7. The molecule has 0 radical (unpaired) electrons. The number of aliphatic hydroxyl groups is 1. The number of esters is 1. The van der Waals surface area contributed by atoms with Crippen LogP contribution in [-0.2, 0) is 22.6 Å². The largest absolute Gasteiger partial charge is 0.491 e. The first-order chi connectivity index (χ1) is 15.0. The zero-order chi connectivity index (χ0) is 22.1. The van der Waals surface area contributed by atoms with Gasteiger partial charge in [-0.05, 0) is 56.7 Å². The number of carbonyl (C=O) groups excluding carboxylic acids is 1. The SMILES string of the molecule is COC(=O)C1CCN(CC(O)COc2cccc(CN(C)Cc3ccncn3)c2)CC1. The Labute approximate surface area is 183 Å². The van der Waals surface area contributed by atoms with Crippen LogP contribution in [0.1, 0.15) is 24.1 Å². The van der Waals surface area contributed by atoms with Crippen LogP contribution in [0.15, 0.2) is 42.9 Å². The second-order valence-corrected chi connectivity index (χ2v) is 8.08. The summed E-state index contributed by atoms with van der Waals surface area (Å²) in [5.74, 6) is 0.590. The lowest BCUT2D eigenvalue weighted by Crippen LogP contribution is -2.42. The van der Waals surface area contributed by atoms with Crippen LogP contribution in [0.25, 0.3) is 0 Å². The number of likely N-dealkylation sites (tertiary alicyclic amines) is 1. The van der Waals surface area contributed by atoms with Crippen LogP contribution < -0.4 is 4.74 Å². The van der Waals surface area contributed by atoms with E-state index in [1.54, 1.807) is 12.5 Å². The highest BCUT2D eigenvalue weighted by molar-refractivity contribution is 5.72. The summed E-state index contributed by atoms with van der Waals surface area (Å²) in [7, 11) is 3.48. The van der Waals surface area contributed by atoms with Gasteiger partial charge in [0, 0.05) is 25.8 Å². The molecule has 1 saturated heterocycles. The maximum atomic E-state index is 11.6. The Morgan fingerprint density at radius 3 is 2.81 bits per heavy atom. The molecule has 1 N–H and O–H groups in total. The number of aromatic nitrogens is 2. The first-order valence-corrected chi connectivity index (χ1v) is 10.7. The van der Waals surface area contributed by atoms with E-state index in [0.29, 0.717) is 6.54 Å². The van der Waals surface area contributed by atoms with E-state index in [4.69, 9.17) is 9.47 Å². The topological polar surface area (TPSA) is 88.0 Å². The zero-order valence-corrected chi connectivity index (χ0v) is 18.3. The van der Waals surface area contributed by atoms with Crippen molar-refractivity contribution in [3.8, 4) is 5.75 Å². The van der Waals surface area contributed by atoms with E-state index in [2.05, 4.69) is 25.8 Å². The summed E-state index contributed by atoms with van der Waals surface area (Å²) < 4.78 is 10.7. The molecule has 3 rings (SSSR count). The third-order valence-electron chi connectivity index (χ3n) is 5.46. The third kappa shape index (κ3) is 7.57. The van der Waals surface area contributed by atoms with E-state index in [1.165, 1.54) is 7.11 Å². The predicted octanol–water partition coefficient (Wildman–Crippen LogP) is 1.73. The fraction of sp³-hybridized carbons (Fsp3) is 0.522. The molecule has 2 heterocycles. The summed E-state index contributed by atoms with van der Waals surface area (Å²) >= 11 is 0. The van der Waals surface area contributed by atoms with Gasteiger partial charge < -0.3 is 19.5 Å². The van der Waals surface area contributed by atoms with E-state index < -0.39 is 6.10 Å². The minimum Gasteiger partial charge on any atom is -0.491 e. The van der Waals surface area contributed by atoms with E-state index in [1.807, 2.05) is 31.3 Å². The van der Waals surface area contributed by atoms with Crippen LogP contribution in [-0.4, -0.2) is 77.3 Å². The second-order valence-electron chi connectivity index (χ2n) is 8.08. The molecular formula is C23H32N4O4. The van der Waals surface area contributed by atoms with Gasteiger partial charge in [0.05, 0.1) is 18.7 Å². The molecule has 0 aliphatic carbocycles. The number of nitrogens with zero attached hydrogens (tertiary/aromatic N) is 4. The Balaban J connectivity index is 1.41. The Kier molecular flexibility index (Phi) is 8.75. The lowest BCUT2D eigenvalue weighted by Gasteiger charge is -2.31. The maximum Gasteiger partial charge on any atom is 0.308 e. The molecule has 1 aromatic heterocycles. The molecule has 2 aromatic rings. The van der Waals surface area contributed by atoms with Crippen molar-refractivity contribution in [2.75, 3.05) is 40.4 Å². The van der Waals surface area contributed by atoms with E-state index in [0.717, 1.165) is 56.0 Å². The number of carbonyl (C=O) groups is 1. The van der Waals surface area contributed by atoms with Crippen molar-refractivity contribution in [1.82, 2.24) is 19.8 Å². The van der Waals surface area contributed by atoms with Crippen molar-refractivity contribution in [2.24, 2.45) is 5.92 Å². The van der Waals surface area contributed by atoms with Gasteiger partial charge in [-0.25, -0.2) is 9.97 Å². The average Bonchev–Trinajstić information content (AvgIpc) is 2.78. The molecule has 0 spiro atoms. The quantitative estimate of drug-likeness (QED) is 0.573. The molecule has 1 aliphatic rings. The maximum absolute atomic E-state index is 11.6. The molecular weight excluding hydrogens is 396 g/mol. The van der Waals surface area contributed by atoms with E-state index in [-0.39, 0.29) is 18.5 Å². The van der Waals surface area contributed by atoms with Crippen molar-refractivity contribution in [3.63, 3.8) is 0 Å². The Hall–Kier alpha value is -2.55. The van der Waals surface area contributed by atoms with Gasteiger partial charge in [-0.1, -0.05) is 12.1 Å². The van der Waals surface area contributed by atoms with Gasteiger partial charge in [0.25, 0.3) is 0 Å². The van der Waals surface area contributed by atoms with Crippen molar-refractivity contribution >= 4 is 5.97 Å². The van der Waals surface area contributed by atoms with Gasteiger partial charge in [0.15, 0.2) is 0 Å². The number of ether oxygens (including phenoxy) is 2. The number of hydrogen-bond acceptors (Lipinski definition) is 8. The van der Waals surface area contributed by atoms with Crippen LogP contribution in [0, 0.1) is 5.92 Å². The van der Waals surface area contributed by atoms with Gasteiger partial charge in [0.2, 0.25) is 0 Å². The van der Waals surface area contributed by atoms with Gasteiger partial charge >= 0.3 is 5.97 Å². The van der Waals surface area contributed by atoms with Crippen molar-refractivity contribution < 1.29 is 19.4 Å².